The highest BCUT2D eigenvalue weighted by Crippen LogP contribution is 2.32. The van der Waals surface area contributed by atoms with Crippen LogP contribution in [0, 0.1) is 0 Å². The van der Waals surface area contributed by atoms with Gasteiger partial charge in [0.1, 0.15) is 6.61 Å². The molecule has 2 aromatic carbocycles. The predicted molar refractivity (Wildman–Crippen MR) is 120 cm³/mol. The highest BCUT2D eigenvalue weighted by atomic mass is 35.5. The van der Waals surface area contributed by atoms with E-state index in [-0.39, 0.29) is 24.8 Å². The van der Waals surface area contributed by atoms with Gasteiger partial charge in [0, 0.05) is 24.7 Å². The zero-order valence-corrected chi connectivity index (χ0v) is 18.4. The number of nitrogens with one attached hydrogen (secondary N) is 1. The Labute approximate surface area is 181 Å². The van der Waals surface area contributed by atoms with Crippen molar-refractivity contribution in [2.45, 2.75) is 39.0 Å². The minimum absolute atomic E-state index is 0. The lowest BCUT2D eigenvalue weighted by molar-refractivity contribution is 0.258. The van der Waals surface area contributed by atoms with Crippen molar-refractivity contribution in [3.8, 4) is 11.5 Å². The minimum Gasteiger partial charge on any atom is -0.493 e. The summed E-state index contributed by atoms with van der Waals surface area (Å²) in [5.41, 5.74) is 2.29. The number of nitrogens with zero attached hydrogens (tertiary/aromatic N) is 1. The Kier molecular flexibility index (Phi) is 11.3. The smallest absolute Gasteiger partial charge is 0.166 e. The molecule has 6 heteroatoms. The van der Waals surface area contributed by atoms with Crippen LogP contribution in [0.15, 0.2) is 48.5 Å². The Hall–Kier alpha value is -1.46. The molecule has 1 fully saturated rings. The van der Waals surface area contributed by atoms with Crippen LogP contribution in [0.5, 0.6) is 11.5 Å². The van der Waals surface area contributed by atoms with Gasteiger partial charge in [0.25, 0.3) is 0 Å². The lowest BCUT2D eigenvalue weighted by Gasteiger charge is -2.23. The van der Waals surface area contributed by atoms with E-state index in [4.69, 9.17) is 9.47 Å². The second kappa shape index (κ2) is 12.9. The zero-order chi connectivity index (χ0) is 18.2. The maximum atomic E-state index is 6.13. The van der Waals surface area contributed by atoms with Gasteiger partial charge >= 0.3 is 0 Å². The SMILES string of the molecule is CCN1CCCC1CNCc1cccc(OC)c1OCc1ccccc1.Cl.Cl. The topological polar surface area (TPSA) is 33.7 Å². The molecule has 1 unspecified atom stereocenters. The van der Waals surface area contributed by atoms with Gasteiger partial charge in [-0.15, -0.1) is 24.8 Å². The molecule has 0 amide bonds. The van der Waals surface area contributed by atoms with Crippen LogP contribution in [-0.4, -0.2) is 37.7 Å². The summed E-state index contributed by atoms with van der Waals surface area (Å²) >= 11 is 0. The van der Waals surface area contributed by atoms with Crippen LogP contribution < -0.4 is 14.8 Å². The molecule has 156 valence electrons. The number of halogens is 2. The maximum Gasteiger partial charge on any atom is 0.166 e. The molecule has 1 saturated heterocycles. The van der Waals surface area contributed by atoms with Crippen LogP contribution in [0.1, 0.15) is 30.9 Å². The molecule has 0 bridgehead atoms. The van der Waals surface area contributed by atoms with Gasteiger partial charge in [-0.05, 0) is 37.6 Å². The van der Waals surface area contributed by atoms with Crippen molar-refractivity contribution in [1.29, 1.82) is 0 Å². The lowest BCUT2D eigenvalue weighted by atomic mass is 10.1. The average molecular weight is 427 g/mol. The van der Waals surface area contributed by atoms with Crippen molar-refractivity contribution < 1.29 is 9.47 Å². The first-order valence-electron chi connectivity index (χ1n) is 9.59. The van der Waals surface area contributed by atoms with Crippen molar-refractivity contribution in [2.24, 2.45) is 0 Å². The van der Waals surface area contributed by atoms with E-state index in [1.807, 2.05) is 30.3 Å². The number of rotatable bonds is 9. The fourth-order valence-corrected chi connectivity index (χ4v) is 3.67. The molecule has 0 spiro atoms. The van der Waals surface area contributed by atoms with Crippen LogP contribution in [0.3, 0.4) is 0 Å². The average Bonchev–Trinajstić information content (AvgIpc) is 3.15. The molecule has 1 aliphatic heterocycles. The number of likely N-dealkylation sites (tertiary alicyclic amines) is 1. The van der Waals surface area contributed by atoms with Crippen molar-refractivity contribution in [1.82, 2.24) is 10.2 Å². The molecule has 3 rings (SSSR count). The first-order valence-corrected chi connectivity index (χ1v) is 9.59. The summed E-state index contributed by atoms with van der Waals surface area (Å²) in [6.07, 6.45) is 2.60. The summed E-state index contributed by atoms with van der Waals surface area (Å²) in [6.45, 7) is 6.96. The third-order valence-electron chi connectivity index (χ3n) is 5.11. The molecule has 2 aromatic rings. The summed E-state index contributed by atoms with van der Waals surface area (Å²) in [6, 6.07) is 17.0. The lowest BCUT2D eigenvalue weighted by Crippen LogP contribution is -2.37. The van der Waals surface area contributed by atoms with E-state index in [1.165, 1.54) is 19.4 Å². The number of likely N-dealkylation sites (N-methyl/N-ethyl adjacent to an activating group) is 1. The molecule has 0 radical (unpaired) electrons. The largest absolute Gasteiger partial charge is 0.493 e. The minimum atomic E-state index is 0. The number of para-hydroxylation sites is 1. The first-order chi connectivity index (χ1) is 12.8. The molecule has 1 aliphatic rings. The van der Waals surface area contributed by atoms with Gasteiger partial charge in [-0.25, -0.2) is 0 Å². The van der Waals surface area contributed by atoms with Gasteiger partial charge in [0.05, 0.1) is 7.11 Å². The summed E-state index contributed by atoms with van der Waals surface area (Å²) in [5.74, 6) is 1.63. The van der Waals surface area contributed by atoms with Crippen LogP contribution in [-0.2, 0) is 13.2 Å². The van der Waals surface area contributed by atoms with E-state index in [0.717, 1.165) is 42.3 Å². The molecule has 4 nitrogen and oxygen atoms in total. The van der Waals surface area contributed by atoms with E-state index in [0.29, 0.717) is 12.6 Å². The maximum absolute atomic E-state index is 6.13. The third-order valence-corrected chi connectivity index (χ3v) is 5.11. The number of methoxy groups -OCH3 is 1. The fraction of sp³-hybridized carbons (Fsp3) is 0.455. The summed E-state index contributed by atoms with van der Waals surface area (Å²) in [4.78, 5) is 2.56. The predicted octanol–water partition coefficient (Wildman–Crippen LogP) is 4.69. The summed E-state index contributed by atoms with van der Waals surface area (Å²) in [7, 11) is 1.69. The van der Waals surface area contributed by atoms with E-state index in [9.17, 15) is 0 Å². The number of benzene rings is 2. The Morgan fingerprint density at radius 2 is 1.86 bits per heavy atom. The van der Waals surface area contributed by atoms with Gasteiger partial charge in [-0.3, -0.25) is 4.90 Å². The Morgan fingerprint density at radius 3 is 2.57 bits per heavy atom. The van der Waals surface area contributed by atoms with E-state index >= 15 is 0 Å². The Morgan fingerprint density at radius 1 is 1.07 bits per heavy atom. The van der Waals surface area contributed by atoms with E-state index < -0.39 is 0 Å². The highest BCUT2D eigenvalue weighted by Gasteiger charge is 2.22. The van der Waals surface area contributed by atoms with Crippen LogP contribution in [0.2, 0.25) is 0 Å². The molecule has 28 heavy (non-hydrogen) atoms. The van der Waals surface area contributed by atoms with E-state index in [2.05, 4.69) is 35.3 Å². The summed E-state index contributed by atoms with van der Waals surface area (Å²) in [5, 5.41) is 3.62. The Bertz CT molecular complexity index is 685. The molecule has 0 aliphatic carbocycles. The fourth-order valence-electron chi connectivity index (χ4n) is 3.67. The van der Waals surface area contributed by atoms with Gasteiger partial charge in [-0.2, -0.15) is 0 Å². The molecule has 1 atom stereocenters. The van der Waals surface area contributed by atoms with Crippen LogP contribution >= 0.6 is 24.8 Å². The van der Waals surface area contributed by atoms with Gasteiger partial charge in [-0.1, -0.05) is 49.4 Å². The number of hydrogen-bond acceptors (Lipinski definition) is 4. The quantitative estimate of drug-likeness (QED) is 0.630. The number of hydrogen-bond donors (Lipinski definition) is 1. The van der Waals surface area contributed by atoms with Crippen LogP contribution in [0.25, 0.3) is 0 Å². The monoisotopic (exact) mass is 426 g/mol. The normalized spacial score (nSPS) is 16.1. The second-order valence-corrected chi connectivity index (χ2v) is 6.78. The zero-order valence-electron chi connectivity index (χ0n) is 16.7. The van der Waals surface area contributed by atoms with Crippen molar-refractivity contribution in [3.63, 3.8) is 0 Å². The van der Waals surface area contributed by atoms with Gasteiger partial charge in [0.2, 0.25) is 0 Å². The molecule has 1 heterocycles. The molecular weight excluding hydrogens is 395 g/mol. The van der Waals surface area contributed by atoms with Crippen LogP contribution in [0.4, 0.5) is 0 Å². The van der Waals surface area contributed by atoms with Crippen molar-refractivity contribution in [2.75, 3.05) is 26.7 Å². The van der Waals surface area contributed by atoms with Gasteiger partial charge in [0.15, 0.2) is 11.5 Å². The Balaban J connectivity index is 0.00000196. The molecular formula is C22H32Cl2N2O2. The standard InChI is InChI=1S/C22H30N2O2.2ClH/c1-3-24-14-8-12-20(24)16-23-15-19-11-7-13-21(25-2)22(19)26-17-18-9-5-4-6-10-18;;/h4-7,9-11,13,20,23H,3,8,12,14-17H2,1-2H3;2*1H. The molecule has 1 N–H and O–H groups in total. The first kappa shape index (κ1) is 24.6. The molecule has 0 saturated carbocycles. The highest BCUT2D eigenvalue weighted by molar-refractivity contribution is 5.85. The van der Waals surface area contributed by atoms with Crippen molar-refractivity contribution in [3.05, 3.63) is 59.7 Å². The van der Waals surface area contributed by atoms with Crippen molar-refractivity contribution >= 4 is 24.8 Å². The molecule has 0 aromatic heterocycles. The van der Waals surface area contributed by atoms with Gasteiger partial charge < -0.3 is 14.8 Å². The second-order valence-electron chi connectivity index (χ2n) is 6.78. The summed E-state index contributed by atoms with van der Waals surface area (Å²) < 4.78 is 11.7. The van der Waals surface area contributed by atoms with E-state index in [1.54, 1.807) is 7.11 Å². The number of ether oxygens (including phenoxy) is 2. The third kappa shape index (κ3) is 6.56.